The summed E-state index contributed by atoms with van der Waals surface area (Å²) >= 11 is 0. The van der Waals surface area contributed by atoms with Gasteiger partial charge < -0.3 is 0 Å². The summed E-state index contributed by atoms with van der Waals surface area (Å²) in [6.45, 7) is 1.43. The predicted octanol–water partition coefficient (Wildman–Crippen LogP) is 0.214. The average molecular weight is 231 g/mol. The first-order valence-electron chi connectivity index (χ1n) is 4.87. The van der Waals surface area contributed by atoms with Gasteiger partial charge in [-0.05, 0) is 30.7 Å². The van der Waals surface area contributed by atoms with Gasteiger partial charge in [0.15, 0.2) is 5.78 Å². The molecule has 0 atom stereocenters. The second-order valence-electron chi connectivity index (χ2n) is 3.52. The number of nitrogens with one attached hydrogen (secondary N) is 2. The maximum Gasteiger partial charge on any atom is 0.327 e. The largest absolute Gasteiger partial charge is 0.327 e. The lowest BCUT2D eigenvalue weighted by Gasteiger charge is -1.97. The number of aromatic nitrogens is 3. The Morgan fingerprint density at radius 3 is 2.82 bits per heavy atom. The monoisotopic (exact) mass is 231 g/mol. The van der Waals surface area contributed by atoms with Crippen LogP contribution >= 0.6 is 0 Å². The van der Waals surface area contributed by atoms with Gasteiger partial charge in [-0.2, -0.15) is 0 Å². The van der Waals surface area contributed by atoms with E-state index in [-0.39, 0.29) is 16.8 Å². The zero-order chi connectivity index (χ0) is 12.4. The molecule has 0 saturated carbocycles. The molecule has 0 fully saturated rings. The molecule has 2 aromatic rings. The minimum atomic E-state index is -0.595. The first-order valence-corrected chi connectivity index (χ1v) is 4.87. The second kappa shape index (κ2) is 4.17. The van der Waals surface area contributed by atoms with Gasteiger partial charge in [0.25, 0.3) is 5.56 Å². The molecule has 2 rings (SSSR count). The molecule has 0 unspecified atom stereocenters. The molecule has 0 saturated heterocycles. The minimum absolute atomic E-state index is 0.0968. The van der Waals surface area contributed by atoms with Crippen molar-refractivity contribution in [1.29, 1.82) is 0 Å². The van der Waals surface area contributed by atoms with Crippen LogP contribution in [0, 0.1) is 0 Å². The maximum atomic E-state index is 11.5. The SMILES string of the molecule is CC(=O)/C=C/c1cnc2[nH]c(=O)[nH]c(=O)c2c1. The zero-order valence-corrected chi connectivity index (χ0v) is 8.98. The molecular weight excluding hydrogens is 222 g/mol. The van der Waals surface area contributed by atoms with Crippen LogP contribution in [0.5, 0.6) is 0 Å². The third-order valence-electron chi connectivity index (χ3n) is 2.12. The molecular formula is C11H9N3O3. The Labute approximate surface area is 95.0 Å². The maximum absolute atomic E-state index is 11.5. The normalized spacial score (nSPS) is 11.1. The molecule has 0 bridgehead atoms. The molecule has 0 amide bonds. The number of ketones is 1. The standard InChI is InChI=1S/C11H9N3O3/c1-6(15)2-3-7-4-8-9(12-5-7)13-11(17)14-10(8)16/h2-5H,1H3,(H2,12,13,14,16,17)/b3-2+. The van der Waals surface area contributed by atoms with Crippen LogP contribution in [0.15, 0.2) is 27.9 Å². The minimum Gasteiger partial charge on any atom is -0.295 e. The summed E-state index contributed by atoms with van der Waals surface area (Å²) in [6.07, 6.45) is 4.40. The number of hydrogen-bond donors (Lipinski definition) is 2. The van der Waals surface area contributed by atoms with Gasteiger partial charge in [-0.1, -0.05) is 0 Å². The number of nitrogens with zero attached hydrogens (tertiary/aromatic N) is 1. The molecule has 6 nitrogen and oxygen atoms in total. The van der Waals surface area contributed by atoms with Gasteiger partial charge in [0.2, 0.25) is 0 Å². The van der Waals surface area contributed by atoms with E-state index in [2.05, 4.69) is 15.0 Å². The molecule has 17 heavy (non-hydrogen) atoms. The fraction of sp³-hybridized carbons (Fsp3) is 0.0909. The molecule has 0 radical (unpaired) electrons. The lowest BCUT2D eigenvalue weighted by atomic mass is 10.2. The number of carbonyl (C=O) groups excluding carboxylic acids is 1. The molecule has 0 spiro atoms. The van der Waals surface area contributed by atoms with E-state index in [0.717, 1.165) is 0 Å². The van der Waals surface area contributed by atoms with Crippen molar-refractivity contribution in [1.82, 2.24) is 15.0 Å². The average Bonchev–Trinajstić information content (AvgIpc) is 2.26. The Morgan fingerprint density at radius 2 is 2.12 bits per heavy atom. The number of pyridine rings is 1. The number of hydrogen-bond acceptors (Lipinski definition) is 4. The number of rotatable bonds is 2. The predicted molar refractivity (Wildman–Crippen MR) is 62.7 cm³/mol. The fourth-order valence-electron chi connectivity index (χ4n) is 1.37. The highest BCUT2D eigenvalue weighted by atomic mass is 16.2. The molecule has 0 aromatic carbocycles. The lowest BCUT2D eigenvalue weighted by molar-refractivity contribution is -0.112. The molecule has 0 aliphatic heterocycles. The first-order chi connectivity index (χ1) is 8.06. The van der Waals surface area contributed by atoms with E-state index < -0.39 is 11.2 Å². The molecule has 2 N–H and O–H groups in total. The number of allylic oxidation sites excluding steroid dienone is 1. The number of H-pyrrole nitrogens is 2. The summed E-state index contributed by atoms with van der Waals surface area (Å²) in [7, 11) is 0. The van der Waals surface area contributed by atoms with E-state index in [1.165, 1.54) is 19.2 Å². The lowest BCUT2D eigenvalue weighted by Crippen LogP contribution is -2.22. The van der Waals surface area contributed by atoms with Gasteiger partial charge in [0, 0.05) is 6.20 Å². The Bertz CT molecular complexity index is 725. The van der Waals surface area contributed by atoms with Crippen molar-refractivity contribution >= 4 is 22.9 Å². The van der Waals surface area contributed by atoms with Gasteiger partial charge >= 0.3 is 5.69 Å². The van der Waals surface area contributed by atoms with Gasteiger partial charge in [0.1, 0.15) is 5.65 Å². The van der Waals surface area contributed by atoms with E-state index in [4.69, 9.17) is 0 Å². The van der Waals surface area contributed by atoms with E-state index >= 15 is 0 Å². The van der Waals surface area contributed by atoms with Crippen LogP contribution in [0.2, 0.25) is 0 Å². The van der Waals surface area contributed by atoms with Crippen LogP contribution in [0.3, 0.4) is 0 Å². The quantitative estimate of drug-likeness (QED) is 0.722. The summed E-state index contributed by atoms with van der Waals surface area (Å²) in [6, 6.07) is 1.55. The smallest absolute Gasteiger partial charge is 0.295 e. The van der Waals surface area contributed by atoms with Gasteiger partial charge in [0.05, 0.1) is 5.39 Å². The van der Waals surface area contributed by atoms with Crippen molar-refractivity contribution in [2.45, 2.75) is 6.92 Å². The zero-order valence-electron chi connectivity index (χ0n) is 8.98. The summed E-state index contributed by atoms with van der Waals surface area (Å²) in [5.74, 6) is -0.0968. The van der Waals surface area contributed by atoms with Crippen LogP contribution in [0.25, 0.3) is 17.1 Å². The van der Waals surface area contributed by atoms with Crippen molar-refractivity contribution in [2.24, 2.45) is 0 Å². The van der Waals surface area contributed by atoms with Crippen molar-refractivity contribution < 1.29 is 4.79 Å². The highest BCUT2D eigenvalue weighted by molar-refractivity contribution is 5.92. The van der Waals surface area contributed by atoms with Crippen LogP contribution in [-0.2, 0) is 4.79 Å². The molecule has 0 aliphatic rings. The Balaban J connectivity index is 2.62. The molecule has 2 aromatic heterocycles. The van der Waals surface area contributed by atoms with Crippen LogP contribution < -0.4 is 11.2 Å². The Kier molecular flexibility index (Phi) is 2.70. The van der Waals surface area contributed by atoms with Crippen LogP contribution in [0.4, 0.5) is 0 Å². The third-order valence-corrected chi connectivity index (χ3v) is 2.12. The van der Waals surface area contributed by atoms with Crippen LogP contribution in [-0.4, -0.2) is 20.7 Å². The summed E-state index contributed by atoms with van der Waals surface area (Å²) in [4.78, 5) is 41.7. The van der Waals surface area contributed by atoms with E-state index in [1.807, 2.05) is 0 Å². The van der Waals surface area contributed by atoms with Gasteiger partial charge in [-0.3, -0.25) is 19.6 Å². The van der Waals surface area contributed by atoms with Crippen LogP contribution in [0.1, 0.15) is 12.5 Å². The van der Waals surface area contributed by atoms with Crippen molar-refractivity contribution in [2.75, 3.05) is 0 Å². The third kappa shape index (κ3) is 2.36. The van der Waals surface area contributed by atoms with Crippen molar-refractivity contribution in [3.63, 3.8) is 0 Å². The van der Waals surface area contributed by atoms with Crippen molar-refractivity contribution in [3.05, 3.63) is 44.7 Å². The van der Waals surface area contributed by atoms with E-state index in [1.54, 1.807) is 12.1 Å². The summed E-state index contributed by atoms with van der Waals surface area (Å²) in [5, 5.41) is 0.273. The molecule has 2 heterocycles. The van der Waals surface area contributed by atoms with E-state index in [9.17, 15) is 14.4 Å². The molecule has 0 aliphatic carbocycles. The van der Waals surface area contributed by atoms with Crippen molar-refractivity contribution in [3.8, 4) is 0 Å². The second-order valence-corrected chi connectivity index (χ2v) is 3.52. The topological polar surface area (TPSA) is 95.7 Å². The number of aromatic amines is 2. The molecule has 86 valence electrons. The Hall–Kier alpha value is -2.50. The fourth-order valence-corrected chi connectivity index (χ4v) is 1.37. The highest BCUT2D eigenvalue weighted by Crippen LogP contribution is 2.06. The number of carbonyl (C=O) groups is 1. The van der Waals surface area contributed by atoms with E-state index in [0.29, 0.717) is 5.56 Å². The highest BCUT2D eigenvalue weighted by Gasteiger charge is 2.01. The summed E-state index contributed by atoms with van der Waals surface area (Å²) in [5.41, 5.74) is -0.264. The molecule has 6 heteroatoms. The summed E-state index contributed by atoms with van der Waals surface area (Å²) < 4.78 is 0. The number of fused-ring (bicyclic) bond motifs is 1. The van der Waals surface area contributed by atoms with Gasteiger partial charge in [-0.15, -0.1) is 0 Å². The van der Waals surface area contributed by atoms with Gasteiger partial charge in [-0.25, -0.2) is 9.78 Å². The Morgan fingerprint density at radius 1 is 1.35 bits per heavy atom. The first kappa shape index (κ1) is 11.0.